The zero-order chi connectivity index (χ0) is 18.1. The van der Waals surface area contributed by atoms with E-state index in [9.17, 15) is 14.7 Å². The zero-order valence-electron chi connectivity index (χ0n) is 14.4. The lowest BCUT2D eigenvalue weighted by atomic mass is 10.0. The maximum atomic E-state index is 12.5. The van der Waals surface area contributed by atoms with Crippen LogP contribution in [0.2, 0.25) is 0 Å². The standard InChI is InChI=1S/C20H24N2O3/c1-2-3-13-21-20(25)18(14-15-9-11-17(23)12-10-15)22-19(24)16-7-5-4-6-8-16/h4-12,18,23H,2-3,13-14H2,1H3,(H,21,25)(H,22,24). The second kappa shape index (κ2) is 9.47. The molecular weight excluding hydrogens is 316 g/mol. The summed E-state index contributed by atoms with van der Waals surface area (Å²) in [6.07, 6.45) is 2.24. The molecule has 0 spiro atoms. The molecule has 132 valence electrons. The van der Waals surface area contributed by atoms with E-state index in [1.807, 2.05) is 6.07 Å². The summed E-state index contributed by atoms with van der Waals surface area (Å²) in [6.45, 7) is 2.64. The van der Waals surface area contributed by atoms with E-state index < -0.39 is 6.04 Å². The van der Waals surface area contributed by atoms with Gasteiger partial charge >= 0.3 is 0 Å². The number of hydrogen-bond donors (Lipinski definition) is 3. The molecule has 25 heavy (non-hydrogen) atoms. The molecule has 2 aromatic carbocycles. The van der Waals surface area contributed by atoms with Gasteiger partial charge in [-0.3, -0.25) is 9.59 Å². The third kappa shape index (κ3) is 5.95. The number of hydrogen-bond acceptors (Lipinski definition) is 3. The van der Waals surface area contributed by atoms with Crippen molar-refractivity contribution in [2.45, 2.75) is 32.2 Å². The van der Waals surface area contributed by atoms with Crippen molar-refractivity contribution in [1.29, 1.82) is 0 Å². The number of benzene rings is 2. The first-order valence-electron chi connectivity index (χ1n) is 8.51. The highest BCUT2D eigenvalue weighted by molar-refractivity contribution is 5.97. The zero-order valence-corrected chi connectivity index (χ0v) is 14.4. The summed E-state index contributed by atoms with van der Waals surface area (Å²) in [5.74, 6) is -0.318. The van der Waals surface area contributed by atoms with Gasteiger partial charge in [0, 0.05) is 18.5 Å². The van der Waals surface area contributed by atoms with Crippen LogP contribution < -0.4 is 10.6 Å². The first-order chi connectivity index (χ1) is 12.1. The molecule has 0 fully saturated rings. The lowest BCUT2D eigenvalue weighted by Gasteiger charge is -2.19. The fourth-order valence-electron chi connectivity index (χ4n) is 2.42. The molecule has 2 rings (SSSR count). The average molecular weight is 340 g/mol. The van der Waals surface area contributed by atoms with E-state index in [1.54, 1.807) is 48.5 Å². The smallest absolute Gasteiger partial charge is 0.251 e. The molecule has 0 aliphatic rings. The Morgan fingerprint density at radius 2 is 1.72 bits per heavy atom. The molecule has 0 saturated heterocycles. The van der Waals surface area contributed by atoms with Gasteiger partial charge in [0.05, 0.1) is 0 Å². The van der Waals surface area contributed by atoms with Crippen molar-refractivity contribution in [3.05, 3.63) is 65.7 Å². The van der Waals surface area contributed by atoms with Gasteiger partial charge in [-0.25, -0.2) is 0 Å². The molecular formula is C20H24N2O3. The second-order valence-electron chi connectivity index (χ2n) is 5.91. The first kappa shape index (κ1) is 18.5. The minimum absolute atomic E-state index is 0.168. The highest BCUT2D eigenvalue weighted by Gasteiger charge is 2.21. The lowest BCUT2D eigenvalue weighted by Crippen LogP contribution is -2.48. The molecule has 2 amide bonds. The molecule has 0 saturated carbocycles. The summed E-state index contributed by atoms with van der Waals surface area (Å²) in [6, 6.07) is 14.8. The van der Waals surface area contributed by atoms with E-state index in [4.69, 9.17) is 0 Å². The van der Waals surface area contributed by atoms with Gasteiger partial charge in [-0.15, -0.1) is 0 Å². The monoisotopic (exact) mass is 340 g/mol. The Kier molecular flexibility index (Phi) is 7.01. The fraction of sp³-hybridized carbons (Fsp3) is 0.300. The van der Waals surface area contributed by atoms with Crippen LogP contribution in [0.5, 0.6) is 5.75 Å². The molecule has 5 heteroatoms. The van der Waals surface area contributed by atoms with Crippen LogP contribution in [0.15, 0.2) is 54.6 Å². The van der Waals surface area contributed by atoms with E-state index in [2.05, 4.69) is 17.6 Å². The predicted octanol–water partition coefficient (Wildman–Crippen LogP) is 2.65. The Labute approximate surface area is 148 Å². The van der Waals surface area contributed by atoms with Crippen molar-refractivity contribution < 1.29 is 14.7 Å². The van der Waals surface area contributed by atoms with Crippen molar-refractivity contribution in [3.8, 4) is 5.75 Å². The number of unbranched alkanes of at least 4 members (excludes halogenated alkanes) is 1. The molecule has 0 aliphatic heterocycles. The maximum Gasteiger partial charge on any atom is 0.251 e. The number of amides is 2. The molecule has 0 aliphatic carbocycles. The first-order valence-corrected chi connectivity index (χ1v) is 8.51. The van der Waals surface area contributed by atoms with Crippen LogP contribution >= 0.6 is 0 Å². The number of nitrogens with one attached hydrogen (secondary N) is 2. The number of carbonyl (C=O) groups is 2. The minimum Gasteiger partial charge on any atom is -0.508 e. The Morgan fingerprint density at radius 1 is 1.04 bits per heavy atom. The quantitative estimate of drug-likeness (QED) is 0.647. The summed E-state index contributed by atoms with van der Waals surface area (Å²) in [5, 5.41) is 15.1. The minimum atomic E-state index is -0.672. The van der Waals surface area contributed by atoms with Gasteiger partial charge < -0.3 is 15.7 Å². The molecule has 1 unspecified atom stereocenters. The molecule has 0 heterocycles. The third-order valence-electron chi connectivity index (χ3n) is 3.86. The van der Waals surface area contributed by atoms with Gasteiger partial charge in [-0.05, 0) is 36.2 Å². The van der Waals surface area contributed by atoms with Gasteiger partial charge in [0.2, 0.25) is 5.91 Å². The van der Waals surface area contributed by atoms with Crippen LogP contribution in [-0.4, -0.2) is 29.5 Å². The SMILES string of the molecule is CCCCNC(=O)C(Cc1ccc(O)cc1)NC(=O)c1ccccc1. The van der Waals surface area contributed by atoms with E-state index in [0.717, 1.165) is 18.4 Å². The number of aromatic hydroxyl groups is 1. The highest BCUT2D eigenvalue weighted by Crippen LogP contribution is 2.12. The topological polar surface area (TPSA) is 78.4 Å². The maximum absolute atomic E-state index is 12.5. The van der Waals surface area contributed by atoms with Crippen molar-refractivity contribution >= 4 is 11.8 Å². The summed E-state index contributed by atoms with van der Waals surface area (Å²) in [7, 11) is 0. The Hall–Kier alpha value is -2.82. The summed E-state index contributed by atoms with van der Waals surface area (Å²) in [5.41, 5.74) is 1.38. The van der Waals surface area contributed by atoms with Crippen LogP contribution in [-0.2, 0) is 11.2 Å². The summed E-state index contributed by atoms with van der Waals surface area (Å²) >= 11 is 0. The molecule has 2 aromatic rings. The predicted molar refractivity (Wildman–Crippen MR) is 97.4 cm³/mol. The average Bonchev–Trinajstić information content (AvgIpc) is 2.63. The van der Waals surface area contributed by atoms with Gasteiger partial charge in [0.25, 0.3) is 5.91 Å². The second-order valence-corrected chi connectivity index (χ2v) is 5.91. The highest BCUT2D eigenvalue weighted by atomic mass is 16.3. The molecule has 0 bridgehead atoms. The normalized spacial score (nSPS) is 11.6. The van der Waals surface area contributed by atoms with Gasteiger partial charge in [-0.1, -0.05) is 43.7 Å². The van der Waals surface area contributed by atoms with Gasteiger partial charge in [0.1, 0.15) is 11.8 Å². The number of rotatable bonds is 8. The van der Waals surface area contributed by atoms with Crippen molar-refractivity contribution in [2.75, 3.05) is 6.54 Å². The van der Waals surface area contributed by atoms with E-state index >= 15 is 0 Å². The Bertz CT molecular complexity index is 684. The van der Waals surface area contributed by atoms with Crippen molar-refractivity contribution in [1.82, 2.24) is 10.6 Å². The summed E-state index contributed by atoms with van der Waals surface area (Å²) in [4.78, 5) is 24.9. The van der Waals surface area contributed by atoms with E-state index in [0.29, 0.717) is 18.5 Å². The molecule has 1 atom stereocenters. The fourth-order valence-corrected chi connectivity index (χ4v) is 2.42. The van der Waals surface area contributed by atoms with Crippen molar-refractivity contribution in [3.63, 3.8) is 0 Å². The van der Waals surface area contributed by atoms with Crippen LogP contribution in [0.4, 0.5) is 0 Å². The molecule has 0 aromatic heterocycles. The van der Waals surface area contributed by atoms with Gasteiger partial charge in [0.15, 0.2) is 0 Å². The van der Waals surface area contributed by atoms with Gasteiger partial charge in [-0.2, -0.15) is 0 Å². The van der Waals surface area contributed by atoms with Crippen LogP contribution in [0, 0.1) is 0 Å². The van der Waals surface area contributed by atoms with Crippen molar-refractivity contribution in [2.24, 2.45) is 0 Å². The van der Waals surface area contributed by atoms with E-state index in [1.165, 1.54) is 0 Å². The number of phenolic OH excluding ortho intramolecular Hbond substituents is 1. The molecule has 3 N–H and O–H groups in total. The lowest BCUT2D eigenvalue weighted by molar-refractivity contribution is -0.122. The number of carbonyl (C=O) groups excluding carboxylic acids is 2. The third-order valence-corrected chi connectivity index (χ3v) is 3.86. The Morgan fingerprint density at radius 3 is 2.36 bits per heavy atom. The largest absolute Gasteiger partial charge is 0.508 e. The van der Waals surface area contributed by atoms with Crippen LogP contribution in [0.1, 0.15) is 35.7 Å². The van der Waals surface area contributed by atoms with Crippen LogP contribution in [0.25, 0.3) is 0 Å². The van der Waals surface area contributed by atoms with E-state index in [-0.39, 0.29) is 17.6 Å². The molecule has 0 radical (unpaired) electrons. The number of phenols is 1. The van der Waals surface area contributed by atoms with Crippen LogP contribution in [0.3, 0.4) is 0 Å². The molecule has 5 nitrogen and oxygen atoms in total. The Balaban J connectivity index is 2.09. The summed E-state index contributed by atoms with van der Waals surface area (Å²) < 4.78 is 0.